The Morgan fingerprint density at radius 2 is 1.82 bits per heavy atom. The smallest absolute Gasteiger partial charge is 0.253 e. The van der Waals surface area contributed by atoms with Gasteiger partial charge in [0.25, 0.3) is 11.8 Å². The topological polar surface area (TPSA) is 58.6 Å². The highest BCUT2D eigenvalue weighted by Gasteiger charge is 2.54. The molecule has 4 unspecified atom stereocenters. The van der Waals surface area contributed by atoms with Gasteiger partial charge in [0.1, 0.15) is 5.75 Å². The number of unbranched alkanes of at least 4 members (excludes halogenated alkanes) is 3. The number of carbonyl (C=O) groups excluding carboxylic acids is 2. The van der Waals surface area contributed by atoms with Gasteiger partial charge in [0.05, 0.1) is 7.11 Å². The number of nitrogens with one attached hydrogen (secondary N) is 1. The van der Waals surface area contributed by atoms with Crippen LogP contribution in [0.5, 0.6) is 5.75 Å². The molecule has 5 heteroatoms. The highest BCUT2D eigenvalue weighted by atomic mass is 16.5. The van der Waals surface area contributed by atoms with Gasteiger partial charge in [-0.05, 0) is 104 Å². The SMILES string of the molecule is COc1ccc2c(c1)CCC1C2CC[C@]2(C)C(NCCCCCCN3C(=O)C=CC3=O)CCC12. The van der Waals surface area contributed by atoms with E-state index >= 15 is 0 Å². The molecule has 2 fully saturated rings. The van der Waals surface area contributed by atoms with Crippen molar-refractivity contribution in [2.75, 3.05) is 20.2 Å². The van der Waals surface area contributed by atoms with Crippen molar-refractivity contribution in [3.05, 3.63) is 41.5 Å². The number of carbonyl (C=O) groups is 2. The number of hydrogen-bond donors (Lipinski definition) is 1. The maximum absolute atomic E-state index is 11.6. The van der Waals surface area contributed by atoms with Crippen molar-refractivity contribution in [2.24, 2.45) is 17.3 Å². The molecule has 1 aliphatic heterocycles. The molecule has 0 saturated heterocycles. The minimum absolute atomic E-state index is 0.161. The summed E-state index contributed by atoms with van der Waals surface area (Å²) in [6.07, 6.45) is 14.9. The third kappa shape index (κ3) is 4.32. The molecule has 5 rings (SSSR count). The van der Waals surface area contributed by atoms with Gasteiger partial charge >= 0.3 is 0 Å². The number of amides is 2. The largest absolute Gasteiger partial charge is 0.497 e. The number of imide groups is 1. The van der Waals surface area contributed by atoms with Gasteiger partial charge in [0.15, 0.2) is 0 Å². The van der Waals surface area contributed by atoms with Crippen LogP contribution in [-0.4, -0.2) is 43.0 Å². The van der Waals surface area contributed by atoms with Gasteiger partial charge in [-0.25, -0.2) is 0 Å². The second-order valence-corrected chi connectivity index (χ2v) is 11.2. The van der Waals surface area contributed by atoms with Crippen molar-refractivity contribution in [3.63, 3.8) is 0 Å². The van der Waals surface area contributed by atoms with Crippen LogP contribution < -0.4 is 10.1 Å². The molecule has 34 heavy (non-hydrogen) atoms. The molecule has 2 saturated carbocycles. The minimum Gasteiger partial charge on any atom is -0.497 e. The number of rotatable bonds is 9. The summed E-state index contributed by atoms with van der Waals surface area (Å²) in [6, 6.07) is 7.42. The van der Waals surface area contributed by atoms with Crippen LogP contribution in [0.2, 0.25) is 0 Å². The van der Waals surface area contributed by atoms with E-state index in [9.17, 15) is 9.59 Å². The molecule has 0 radical (unpaired) electrons. The molecule has 1 aromatic carbocycles. The summed E-state index contributed by atoms with van der Waals surface area (Å²) in [4.78, 5) is 24.6. The van der Waals surface area contributed by atoms with Crippen molar-refractivity contribution >= 4 is 11.8 Å². The fraction of sp³-hybridized carbons (Fsp3) is 0.655. The van der Waals surface area contributed by atoms with Crippen LogP contribution in [0.1, 0.15) is 81.8 Å². The van der Waals surface area contributed by atoms with Gasteiger partial charge in [-0.2, -0.15) is 0 Å². The predicted octanol–water partition coefficient (Wildman–Crippen LogP) is 4.99. The first kappa shape index (κ1) is 23.6. The third-order valence-electron chi connectivity index (χ3n) is 9.53. The van der Waals surface area contributed by atoms with Crippen molar-refractivity contribution in [1.29, 1.82) is 0 Å². The molecule has 2 amide bonds. The summed E-state index contributed by atoms with van der Waals surface area (Å²) in [5, 5.41) is 3.95. The lowest BCUT2D eigenvalue weighted by molar-refractivity contribution is -0.136. The summed E-state index contributed by atoms with van der Waals surface area (Å²) < 4.78 is 5.48. The summed E-state index contributed by atoms with van der Waals surface area (Å²) >= 11 is 0. The highest BCUT2D eigenvalue weighted by molar-refractivity contribution is 6.12. The molecule has 184 valence electrons. The maximum Gasteiger partial charge on any atom is 0.253 e. The molecule has 1 aromatic rings. The van der Waals surface area contributed by atoms with E-state index in [2.05, 4.69) is 30.4 Å². The van der Waals surface area contributed by atoms with Gasteiger partial charge in [-0.3, -0.25) is 14.5 Å². The summed E-state index contributed by atoms with van der Waals surface area (Å²) in [7, 11) is 1.77. The Balaban J connectivity index is 1.08. The molecular weight excluding hydrogens is 424 g/mol. The van der Waals surface area contributed by atoms with E-state index in [4.69, 9.17) is 4.74 Å². The standard InChI is InChI=1S/C29H40N2O3/c1-29-16-15-23-22-10-8-21(34-2)19-20(22)7-9-24(23)25(29)11-12-26(29)30-17-5-3-4-6-18-31-27(32)13-14-28(31)33/h8,10,13-14,19,23-26,30H,3-7,9,11-12,15-18H2,1-2H3/t23?,24?,25?,26?,29-/m0/s1. The molecule has 3 aliphatic carbocycles. The number of ether oxygens (including phenoxy) is 1. The van der Waals surface area contributed by atoms with Crippen LogP contribution in [0, 0.1) is 17.3 Å². The molecule has 1 heterocycles. The maximum atomic E-state index is 11.6. The summed E-state index contributed by atoms with van der Waals surface area (Å²) in [6.45, 7) is 4.20. The van der Waals surface area contributed by atoms with Crippen LogP contribution in [0.25, 0.3) is 0 Å². The molecule has 1 N–H and O–H groups in total. The number of nitrogens with zero attached hydrogens (tertiary/aromatic N) is 1. The number of methoxy groups -OCH3 is 1. The Morgan fingerprint density at radius 3 is 2.62 bits per heavy atom. The van der Waals surface area contributed by atoms with Crippen LogP contribution in [0.4, 0.5) is 0 Å². The van der Waals surface area contributed by atoms with Gasteiger partial charge in [-0.15, -0.1) is 0 Å². The second-order valence-electron chi connectivity index (χ2n) is 11.2. The first-order valence-electron chi connectivity index (χ1n) is 13.4. The zero-order valence-corrected chi connectivity index (χ0v) is 20.9. The third-order valence-corrected chi connectivity index (χ3v) is 9.53. The van der Waals surface area contributed by atoms with Gasteiger partial charge in [-0.1, -0.05) is 25.8 Å². The zero-order chi connectivity index (χ0) is 23.7. The predicted molar refractivity (Wildman–Crippen MR) is 134 cm³/mol. The summed E-state index contributed by atoms with van der Waals surface area (Å²) in [5.74, 6) is 3.08. The van der Waals surface area contributed by atoms with Crippen LogP contribution in [-0.2, 0) is 16.0 Å². The van der Waals surface area contributed by atoms with E-state index in [-0.39, 0.29) is 11.8 Å². The Kier molecular flexibility index (Phi) is 6.83. The fourth-order valence-corrected chi connectivity index (χ4v) is 7.70. The molecule has 5 atom stereocenters. The lowest BCUT2D eigenvalue weighted by Gasteiger charge is -2.51. The Labute approximate surface area is 204 Å². The number of aryl methyl sites for hydroxylation is 1. The van der Waals surface area contributed by atoms with Crippen molar-refractivity contribution in [2.45, 2.75) is 83.1 Å². The molecule has 5 nitrogen and oxygen atoms in total. The fourth-order valence-electron chi connectivity index (χ4n) is 7.70. The quantitative estimate of drug-likeness (QED) is 0.413. The first-order chi connectivity index (χ1) is 16.5. The number of benzene rings is 1. The Hall–Kier alpha value is -2.14. The normalized spacial score (nSPS) is 32.0. The lowest BCUT2D eigenvalue weighted by atomic mass is 9.55. The molecule has 0 aromatic heterocycles. The van der Waals surface area contributed by atoms with Crippen molar-refractivity contribution < 1.29 is 14.3 Å². The monoisotopic (exact) mass is 464 g/mol. The van der Waals surface area contributed by atoms with E-state index in [0.717, 1.165) is 49.3 Å². The molecule has 4 aliphatic rings. The molecular formula is C29H40N2O3. The molecule has 0 spiro atoms. The Bertz CT molecular complexity index is 939. The van der Waals surface area contributed by atoms with Crippen LogP contribution >= 0.6 is 0 Å². The minimum atomic E-state index is -0.161. The number of hydrogen-bond acceptors (Lipinski definition) is 4. The zero-order valence-electron chi connectivity index (χ0n) is 20.9. The van der Waals surface area contributed by atoms with Crippen LogP contribution in [0.3, 0.4) is 0 Å². The Morgan fingerprint density at radius 1 is 1.03 bits per heavy atom. The van der Waals surface area contributed by atoms with E-state index < -0.39 is 0 Å². The average Bonchev–Trinajstić information content (AvgIpc) is 3.36. The van der Waals surface area contributed by atoms with E-state index in [0.29, 0.717) is 18.0 Å². The van der Waals surface area contributed by atoms with E-state index in [1.165, 1.54) is 67.6 Å². The molecule has 0 bridgehead atoms. The highest BCUT2D eigenvalue weighted by Crippen LogP contribution is 2.61. The average molecular weight is 465 g/mol. The van der Waals surface area contributed by atoms with Gasteiger partial charge < -0.3 is 10.1 Å². The van der Waals surface area contributed by atoms with E-state index in [1.807, 2.05) is 0 Å². The summed E-state index contributed by atoms with van der Waals surface area (Å²) in [5.41, 5.74) is 3.55. The van der Waals surface area contributed by atoms with E-state index in [1.54, 1.807) is 12.7 Å². The van der Waals surface area contributed by atoms with Gasteiger partial charge in [0, 0.05) is 24.7 Å². The second kappa shape index (κ2) is 9.85. The van der Waals surface area contributed by atoms with Crippen molar-refractivity contribution in [3.8, 4) is 5.75 Å². The van der Waals surface area contributed by atoms with Crippen LogP contribution in [0.15, 0.2) is 30.4 Å². The number of fused-ring (bicyclic) bond motifs is 5. The van der Waals surface area contributed by atoms with Crippen molar-refractivity contribution in [1.82, 2.24) is 10.2 Å². The lowest BCUT2D eigenvalue weighted by Crippen LogP contribution is -2.48. The first-order valence-corrected chi connectivity index (χ1v) is 13.4. The van der Waals surface area contributed by atoms with Gasteiger partial charge in [0.2, 0.25) is 0 Å².